The molecule has 0 radical (unpaired) electrons. The molecule has 1 aromatic carbocycles. The molecule has 0 aliphatic heterocycles. The van der Waals surface area contributed by atoms with Crippen molar-refractivity contribution in [2.45, 2.75) is 24.2 Å². The third-order valence-electron chi connectivity index (χ3n) is 3.46. The van der Waals surface area contributed by atoms with Gasteiger partial charge in [0.25, 0.3) is 0 Å². The molecule has 0 amide bonds. The molecule has 0 heterocycles. The van der Waals surface area contributed by atoms with Crippen molar-refractivity contribution < 1.29 is 35.5 Å². The van der Waals surface area contributed by atoms with E-state index in [2.05, 4.69) is 4.74 Å². The summed E-state index contributed by atoms with van der Waals surface area (Å²) in [4.78, 5) is -1.71. The van der Waals surface area contributed by atoms with Gasteiger partial charge in [-0.1, -0.05) is 0 Å². The van der Waals surface area contributed by atoms with Gasteiger partial charge in [-0.2, -0.15) is 8.78 Å². The number of rotatable bonds is 9. The Balaban J connectivity index is 2.05. The second-order valence-corrected chi connectivity index (χ2v) is 7.09. The summed E-state index contributed by atoms with van der Waals surface area (Å²) in [5.74, 6) is -8.67. The summed E-state index contributed by atoms with van der Waals surface area (Å²) >= 11 is 0. The largest absolute Gasteiger partial charge is 0.491 e. The van der Waals surface area contributed by atoms with Crippen LogP contribution in [0.4, 0.5) is 17.6 Å². The Hall–Kier alpha value is -1.39. The number of methoxy groups -OCH3 is 1. The van der Waals surface area contributed by atoms with Crippen LogP contribution in [-0.4, -0.2) is 35.3 Å². The zero-order chi connectivity index (χ0) is 17.9. The van der Waals surface area contributed by atoms with E-state index in [0.29, 0.717) is 12.5 Å². The normalized spacial score (nSPS) is 14.9. The molecule has 0 spiro atoms. The van der Waals surface area contributed by atoms with Crippen LogP contribution >= 0.6 is 0 Å². The van der Waals surface area contributed by atoms with Crippen molar-refractivity contribution in [1.82, 2.24) is 4.72 Å². The van der Waals surface area contributed by atoms with E-state index in [-0.39, 0.29) is 19.6 Å². The molecule has 1 aliphatic rings. The van der Waals surface area contributed by atoms with Gasteiger partial charge >= 0.3 is 0 Å². The van der Waals surface area contributed by atoms with Crippen molar-refractivity contribution in [2.75, 3.05) is 26.9 Å². The highest BCUT2D eigenvalue weighted by atomic mass is 32.2. The van der Waals surface area contributed by atoms with Crippen molar-refractivity contribution in [3.8, 4) is 5.75 Å². The first kappa shape index (κ1) is 18.9. The van der Waals surface area contributed by atoms with Crippen molar-refractivity contribution in [3.63, 3.8) is 0 Å². The lowest BCUT2D eigenvalue weighted by molar-refractivity contribution is 0.123. The van der Waals surface area contributed by atoms with Gasteiger partial charge < -0.3 is 9.47 Å². The molecular weight excluding hydrogens is 354 g/mol. The van der Waals surface area contributed by atoms with Gasteiger partial charge in [-0.25, -0.2) is 21.9 Å². The van der Waals surface area contributed by atoms with Gasteiger partial charge in [-0.3, -0.25) is 0 Å². The van der Waals surface area contributed by atoms with Gasteiger partial charge in [0, 0.05) is 19.8 Å². The first-order valence-corrected chi connectivity index (χ1v) is 8.75. The quantitative estimate of drug-likeness (QED) is 0.411. The minimum atomic E-state index is -4.77. The maximum atomic E-state index is 13.8. The number of nitrogens with one attached hydrogen (secondary N) is 1. The van der Waals surface area contributed by atoms with Crippen molar-refractivity contribution in [2.24, 2.45) is 5.92 Å². The molecule has 0 saturated heterocycles. The van der Waals surface area contributed by atoms with E-state index in [1.165, 1.54) is 0 Å². The lowest BCUT2D eigenvalue weighted by Crippen LogP contribution is -2.28. The van der Waals surface area contributed by atoms with E-state index in [0.717, 1.165) is 20.0 Å². The summed E-state index contributed by atoms with van der Waals surface area (Å²) in [6, 6.07) is 0. The summed E-state index contributed by atoms with van der Waals surface area (Å²) in [5.41, 5.74) is 0. The summed E-state index contributed by atoms with van der Waals surface area (Å²) in [6.07, 6.45) is 2.47. The fourth-order valence-electron chi connectivity index (χ4n) is 1.99. The topological polar surface area (TPSA) is 64.6 Å². The first-order valence-electron chi connectivity index (χ1n) is 7.27. The summed E-state index contributed by atoms with van der Waals surface area (Å²) in [5, 5.41) is 0. The number of sulfonamides is 1. The van der Waals surface area contributed by atoms with Gasteiger partial charge in [-0.15, -0.1) is 0 Å². The van der Waals surface area contributed by atoms with E-state index in [4.69, 9.17) is 4.74 Å². The Kier molecular flexibility index (Phi) is 6.05. The molecule has 2 rings (SSSR count). The molecule has 1 N–H and O–H groups in total. The van der Waals surface area contributed by atoms with E-state index >= 15 is 0 Å². The SMILES string of the molecule is COc1c(F)c(F)c(S(=O)(=O)NCCCOCC2CC2)c(F)c1F. The van der Waals surface area contributed by atoms with Crippen LogP contribution in [0.3, 0.4) is 0 Å². The molecule has 0 unspecified atom stereocenters. The van der Waals surface area contributed by atoms with Crippen LogP contribution in [-0.2, 0) is 14.8 Å². The molecule has 0 atom stereocenters. The lowest BCUT2D eigenvalue weighted by atomic mass is 10.3. The average Bonchev–Trinajstić information content (AvgIpc) is 3.33. The van der Waals surface area contributed by atoms with E-state index in [1.807, 2.05) is 4.72 Å². The van der Waals surface area contributed by atoms with Crippen LogP contribution in [0.2, 0.25) is 0 Å². The minimum absolute atomic E-state index is 0.193. The van der Waals surface area contributed by atoms with Crippen LogP contribution in [0, 0.1) is 29.2 Å². The second-order valence-electron chi connectivity index (χ2n) is 5.39. The molecule has 24 heavy (non-hydrogen) atoms. The zero-order valence-electron chi connectivity index (χ0n) is 12.9. The van der Waals surface area contributed by atoms with Gasteiger partial charge in [0.05, 0.1) is 7.11 Å². The molecule has 1 fully saturated rings. The maximum Gasteiger partial charge on any atom is 0.246 e. The van der Waals surface area contributed by atoms with Gasteiger partial charge in [0.15, 0.2) is 22.3 Å². The predicted molar refractivity (Wildman–Crippen MR) is 76.2 cm³/mol. The first-order chi connectivity index (χ1) is 11.3. The molecule has 136 valence electrons. The van der Waals surface area contributed by atoms with Gasteiger partial charge in [-0.05, 0) is 25.2 Å². The Morgan fingerprint density at radius 2 is 1.67 bits per heavy atom. The van der Waals surface area contributed by atoms with Crippen molar-refractivity contribution in [1.29, 1.82) is 0 Å². The second kappa shape index (κ2) is 7.66. The summed E-state index contributed by atoms with van der Waals surface area (Å²) in [6.45, 7) is 0.654. The Labute approximate surface area is 137 Å². The third kappa shape index (κ3) is 4.17. The molecule has 5 nitrogen and oxygen atoms in total. The number of ether oxygens (including phenoxy) is 2. The highest BCUT2D eigenvalue weighted by Gasteiger charge is 2.33. The van der Waals surface area contributed by atoms with Crippen LogP contribution in [0.5, 0.6) is 5.75 Å². The Morgan fingerprint density at radius 1 is 1.08 bits per heavy atom. The van der Waals surface area contributed by atoms with Crippen LogP contribution in [0.25, 0.3) is 0 Å². The molecule has 1 aliphatic carbocycles. The van der Waals surface area contributed by atoms with Crippen molar-refractivity contribution >= 4 is 10.0 Å². The average molecular weight is 371 g/mol. The van der Waals surface area contributed by atoms with Crippen LogP contribution < -0.4 is 9.46 Å². The lowest BCUT2D eigenvalue weighted by Gasteiger charge is -2.12. The van der Waals surface area contributed by atoms with Crippen molar-refractivity contribution in [3.05, 3.63) is 23.3 Å². The van der Waals surface area contributed by atoms with Crippen LogP contribution in [0.15, 0.2) is 4.90 Å². The highest BCUT2D eigenvalue weighted by molar-refractivity contribution is 7.89. The smallest absolute Gasteiger partial charge is 0.246 e. The molecule has 10 heteroatoms. The third-order valence-corrected chi connectivity index (χ3v) is 4.94. The monoisotopic (exact) mass is 371 g/mol. The van der Waals surface area contributed by atoms with Gasteiger partial charge in [0.1, 0.15) is 0 Å². The van der Waals surface area contributed by atoms with Gasteiger partial charge in [0.2, 0.25) is 21.7 Å². The zero-order valence-corrected chi connectivity index (χ0v) is 13.7. The molecule has 0 aromatic heterocycles. The van der Waals surface area contributed by atoms with E-state index in [9.17, 15) is 26.0 Å². The predicted octanol–water partition coefficient (Wildman–Crippen LogP) is 2.35. The number of hydrogen-bond acceptors (Lipinski definition) is 4. The molecule has 1 aromatic rings. The molecular formula is C14H17F4NO4S. The fourth-order valence-corrected chi connectivity index (χ4v) is 3.20. The Morgan fingerprint density at radius 3 is 2.17 bits per heavy atom. The van der Waals surface area contributed by atoms with Crippen LogP contribution in [0.1, 0.15) is 19.3 Å². The molecule has 0 bridgehead atoms. The molecule has 1 saturated carbocycles. The summed E-state index contributed by atoms with van der Waals surface area (Å²) in [7, 11) is -3.97. The fraction of sp³-hybridized carbons (Fsp3) is 0.571. The summed E-state index contributed by atoms with van der Waals surface area (Å²) < 4.78 is 90.0. The number of benzene rings is 1. The van der Waals surface area contributed by atoms with E-state index in [1.54, 1.807) is 0 Å². The highest BCUT2D eigenvalue weighted by Crippen LogP contribution is 2.32. The Bertz CT molecular complexity index is 678. The number of hydrogen-bond donors (Lipinski definition) is 1. The number of halogens is 4. The maximum absolute atomic E-state index is 13.8. The van der Waals surface area contributed by atoms with E-state index < -0.39 is 43.9 Å². The standard InChI is InChI=1S/C14H17F4NO4S/c1-22-13-9(15)11(17)14(12(18)10(13)16)24(20,21)19-5-2-6-23-7-8-3-4-8/h8,19H,2-7H2,1H3. The minimum Gasteiger partial charge on any atom is -0.491 e.